The van der Waals surface area contributed by atoms with E-state index in [-0.39, 0.29) is 0 Å². The minimum Gasteiger partial charge on any atom is -0.313 e. The zero-order valence-electron chi connectivity index (χ0n) is 12.4. The van der Waals surface area contributed by atoms with Gasteiger partial charge in [0.05, 0.1) is 0 Å². The van der Waals surface area contributed by atoms with E-state index in [0.29, 0.717) is 0 Å². The van der Waals surface area contributed by atoms with Gasteiger partial charge in [-0.15, -0.1) is 0 Å². The molecular formula is C16H28N2. The lowest BCUT2D eigenvalue weighted by molar-refractivity contribution is 0.298. The van der Waals surface area contributed by atoms with Crippen LogP contribution in [0.4, 0.5) is 0 Å². The molecule has 0 bridgehead atoms. The summed E-state index contributed by atoms with van der Waals surface area (Å²) >= 11 is 0. The molecule has 0 saturated heterocycles. The molecular weight excluding hydrogens is 220 g/mol. The summed E-state index contributed by atoms with van der Waals surface area (Å²) in [5.74, 6) is 0. The third kappa shape index (κ3) is 4.79. The maximum absolute atomic E-state index is 3.55. The van der Waals surface area contributed by atoms with E-state index >= 15 is 0 Å². The smallest absolute Gasteiger partial charge is 0.0208 e. The van der Waals surface area contributed by atoms with Gasteiger partial charge in [-0.3, -0.25) is 0 Å². The summed E-state index contributed by atoms with van der Waals surface area (Å²) in [7, 11) is 0. The van der Waals surface area contributed by atoms with Gasteiger partial charge in [-0.05, 0) is 63.1 Å². The van der Waals surface area contributed by atoms with Crippen molar-refractivity contribution in [2.75, 3.05) is 26.2 Å². The van der Waals surface area contributed by atoms with Crippen molar-refractivity contribution >= 4 is 0 Å². The zero-order chi connectivity index (χ0) is 13.4. The molecule has 0 heterocycles. The molecule has 0 aromatic heterocycles. The maximum atomic E-state index is 3.55. The van der Waals surface area contributed by atoms with Crippen molar-refractivity contribution in [3.8, 4) is 0 Å². The maximum Gasteiger partial charge on any atom is 0.0208 e. The number of hydrogen-bond acceptors (Lipinski definition) is 2. The fraction of sp³-hybridized carbons (Fsp3) is 0.625. The average molecular weight is 248 g/mol. The first-order valence-corrected chi connectivity index (χ1v) is 7.17. The SMILES string of the molecule is CCN(CC)CCCNCc1cccc(C)c1C. The highest BCUT2D eigenvalue weighted by Gasteiger charge is 2.01. The second kappa shape index (κ2) is 8.28. The third-order valence-electron chi connectivity index (χ3n) is 3.75. The summed E-state index contributed by atoms with van der Waals surface area (Å²) in [6, 6.07) is 6.55. The number of nitrogens with zero attached hydrogens (tertiary/aromatic N) is 1. The average Bonchev–Trinajstić information content (AvgIpc) is 2.38. The molecule has 0 saturated carbocycles. The van der Waals surface area contributed by atoms with Gasteiger partial charge in [0, 0.05) is 6.54 Å². The van der Waals surface area contributed by atoms with Crippen molar-refractivity contribution in [3.63, 3.8) is 0 Å². The molecule has 0 fully saturated rings. The van der Waals surface area contributed by atoms with Gasteiger partial charge in [-0.25, -0.2) is 0 Å². The summed E-state index contributed by atoms with van der Waals surface area (Å²) in [6.45, 7) is 14.5. The predicted octanol–water partition coefficient (Wildman–Crippen LogP) is 3.12. The summed E-state index contributed by atoms with van der Waals surface area (Å²) in [5.41, 5.74) is 4.24. The topological polar surface area (TPSA) is 15.3 Å². The standard InChI is InChI=1S/C16H28N2/c1-5-18(6-2)12-8-11-17-13-16-10-7-9-14(3)15(16)4/h7,9-10,17H,5-6,8,11-13H2,1-4H3. The van der Waals surface area contributed by atoms with Gasteiger partial charge in [-0.2, -0.15) is 0 Å². The molecule has 0 aliphatic rings. The van der Waals surface area contributed by atoms with E-state index in [1.165, 1.54) is 29.7 Å². The van der Waals surface area contributed by atoms with E-state index in [1.54, 1.807) is 0 Å². The van der Waals surface area contributed by atoms with Gasteiger partial charge >= 0.3 is 0 Å². The zero-order valence-corrected chi connectivity index (χ0v) is 12.4. The minimum absolute atomic E-state index is 0.992. The Balaban J connectivity index is 2.24. The molecule has 0 aliphatic heterocycles. The van der Waals surface area contributed by atoms with Crippen LogP contribution in [-0.2, 0) is 6.54 Å². The number of aryl methyl sites for hydroxylation is 1. The Morgan fingerprint density at radius 2 is 1.83 bits per heavy atom. The van der Waals surface area contributed by atoms with E-state index in [0.717, 1.165) is 26.2 Å². The van der Waals surface area contributed by atoms with Gasteiger partial charge in [0.2, 0.25) is 0 Å². The number of nitrogens with one attached hydrogen (secondary N) is 1. The Hall–Kier alpha value is -0.860. The minimum atomic E-state index is 0.992. The van der Waals surface area contributed by atoms with Crippen LogP contribution in [0.3, 0.4) is 0 Å². The van der Waals surface area contributed by atoms with Crippen LogP contribution in [0, 0.1) is 13.8 Å². The lowest BCUT2D eigenvalue weighted by atomic mass is 10.0. The molecule has 18 heavy (non-hydrogen) atoms. The highest BCUT2D eigenvalue weighted by atomic mass is 15.1. The molecule has 0 atom stereocenters. The molecule has 2 nitrogen and oxygen atoms in total. The quantitative estimate of drug-likeness (QED) is 0.711. The van der Waals surface area contributed by atoms with Crippen molar-refractivity contribution in [1.29, 1.82) is 0 Å². The molecule has 1 aromatic rings. The Kier molecular flexibility index (Phi) is 6.99. The summed E-state index contributed by atoms with van der Waals surface area (Å²) in [4.78, 5) is 2.47. The van der Waals surface area contributed by atoms with Gasteiger partial charge < -0.3 is 10.2 Å². The Morgan fingerprint density at radius 1 is 1.11 bits per heavy atom. The molecule has 0 amide bonds. The molecule has 1 rings (SSSR count). The van der Waals surface area contributed by atoms with Crippen molar-refractivity contribution in [3.05, 3.63) is 34.9 Å². The van der Waals surface area contributed by atoms with Crippen molar-refractivity contribution in [1.82, 2.24) is 10.2 Å². The van der Waals surface area contributed by atoms with Crippen LogP contribution in [0.2, 0.25) is 0 Å². The molecule has 2 heteroatoms. The molecule has 102 valence electrons. The highest BCUT2D eigenvalue weighted by molar-refractivity contribution is 5.32. The van der Waals surface area contributed by atoms with Gasteiger partial charge in [0.1, 0.15) is 0 Å². The second-order valence-corrected chi connectivity index (χ2v) is 4.92. The molecule has 1 aromatic carbocycles. The van der Waals surface area contributed by atoms with Crippen molar-refractivity contribution < 1.29 is 0 Å². The summed E-state index contributed by atoms with van der Waals surface area (Å²) < 4.78 is 0. The Morgan fingerprint density at radius 3 is 2.50 bits per heavy atom. The number of hydrogen-bond donors (Lipinski definition) is 1. The van der Waals surface area contributed by atoms with Crippen LogP contribution in [0.1, 0.15) is 37.0 Å². The normalized spacial score (nSPS) is 11.2. The first-order chi connectivity index (χ1) is 8.69. The molecule has 1 N–H and O–H groups in total. The van der Waals surface area contributed by atoms with E-state index in [1.807, 2.05) is 0 Å². The molecule has 0 radical (unpaired) electrons. The van der Waals surface area contributed by atoms with Crippen LogP contribution in [0.5, 0.6) is 0 Å². The van der Waals surface area contributed by atoms with Crippen LogP contribution in [-0.4, -0.2) is 31.1 Å². The largest absolute Gasteiger partial charge is 0.313 e. The van der Waals surface area contributed by atoms with Crippen LogP contribution >= 0.6 is 0 Å². The number of benzene rings is 1. The second-order valence-electron chi connectivity index (χ2n) is 4.92. The molecule has 0 aliphatic carbocycles. The first-order valence-electron chi connectivity index (χ1n) is 7.17. The Bertz CT molecular complexity index is 343. The van der Waals surface area contributed by atoms with Gasteiger partial charge in [0.25, 0.3) is 0 Å². The molecule has 0 unspecified atom stereocenters. The van der Waals surface area contributed by atoms with Crippen molar-refractivity contribution in [2.45, 2.75) is 40.7 Å². The van der Waals surface area contributed by atoms with E-state index in [2.05, 4.69) is 56.1 Å². The lowest BCUT2D eigenvalue weighted by Gasteiger charge is -2.17. The first kappa shape index (κ1) is 15.2. The van der Waals surface area contributed by atoms with Gasteiger partial charge in [0.15, 0.2) is 0 Å². The highest BCUT2D eigenvalue weighted by Crippen LogP contribution is 2.12. The predicted molar refractivity (Wildman–Crippen MR) is 80.0 cm³/mol. The fourth-order valence-electron chi connectivity index (χ4n) is 2.19. The third-order valence-corrected chi connectivity index (χ3v) is 3.75. The monoisotopic (exact) mass is 248 g/mol. The van der Waals surface area contributed by atoms with Gasteiger partial charge in [-0.1, -0.05) is 32.0 Å². The van der Waals surface area contributed by atoms with E-state index < -0.39 is 0 Å². The fourth-order valence-corrected chi connectivity index (χ4v) is 2.19. The summed E-state index contributed by atoms with van der Waals surface area (Å²) in [5, 5.41) is 3.55. The van der Waals surface area contributed by atoms with E-state index in [9.17, 15) is 0 Å². The van der Waals surface area contributed by atoms with E-state index in [4.69, 9.17) is 0 Å². The van der Waals surface area contributed by atoms with Crippen LogP contribution < -0.4 is 5.32 Å². The van der Waals surface area contributed by atoms with Crippen LogP contribution in [0.15, 0.2) is 18.2 Å². The Labute approximate surface area is 112 Å². The number of rotatable bonds is 8. The van der Waals surface area contributed by atoms with Crippen molar-refractivity contribution in [2.24, 2.45) is 0 Å². The summed E-state index contributed by atoms with van der Waals surface area (Å²) in [6.07, 6.45) is 1.23. The lowest BCUT2D eigenvalue weighted by Crippen LogP contribution is -2.27. The molecule has 0 spiro atoms. The van der Waals surface area contributed by atoms with Crippen LogP contribution in [0.25, 0.3) is 0 Å².